The summed E-state index contributed by atoms with van der Waals surface area (Å²) in [6.45, 7) is 0.943. The third-order valence-electron chi connectivity index (χ3n) is 4.67. The highest BCUT2D eigenvalue weighted by molar-refractivity contribution is 5.97. The molecule has 1 aliphatic rings. The maximum Gasteiger partial charge on any atom is 0.270 e. The number of hydrogen-bond donors (Lipinski definition) is 1. The zero-order chi connectivity index (χ0) is 18.7. The smallest absolute Gasteiger partial charge is 0.270 e. The molecular formula is C19H23N3O4. The molecule has 0 radical (unpaired) electrons. The minimum Gasteiger partial charge on any atom is -0.493 e. The molecule has 1 aliphatic heterocycles. The molecule has 1 aromatic carbocycles. The van der Waals surface area contributed by atoms with Crippen LogP contribution in [-0.4, -0.2) is 55.1 Å². The average Bonchev–Trinajstić information content (AvgIpc) is 3.13. The summed E-state index contributed by atoms with van der Waals surface area (Å²) in [5, 5.41) is 2.92. The van der Waals surface area contributed by atoms with Gasteiger partial charge in [-0.15, -0.1) is 0 Å². The van der Waals surface area contributed by atoms with Crippen molar-refractivity contribution in [1.29, 1.82) is 0 Å². The van der Waals surface area contributed by atoms with Crippen molar-refractivity contribution in [3.05, 3.63) is 47.8 Å². The number of ether oxygens (including phenoxy) is 2. The molecule has 2 amide bonds. The number of benzene rings is 1. The second-order valence-corrected chi connectivity index (χ2v) is 6.21. The summed E-state index contributed by atoms with van der Waals surface area (Å²) < 4.78 is 12.3. The topological polar surface area (TPSA) is 72.8 Å². The Morgan fingerprint density at radius 2 is 2.00 bits per heavy atom. The van der Waals surface area contributed by atoms with Crippen LogP contribution in [-0.2, 0) is 17.8 Å². The molecule has 138 valence electrons. The maximum absolute atomic E-state index is 12.5. The Morgan fingerprint density at radius 1 is 1.23 bits per heavy atom. The van der Waals surface area contributed by atoms with Crippen molar-refractivity contribution in [3.63, 3.8) is 0 Å². The number of nitrogens with one attached hydrogen (secondary N) is 1. The standard InChI is InChI=1S/C19H23N3O4/c1-21-15(12-22-10-4-5-14(22)19(21)24)18(23)20-9-8-13-6-7-16(25-2)17(11-13)26-3/h4-7,10-11,15H,8-9,12H2,1-3H3,(H,20,23). The zero-order valence-electron chi connectivity index (χ0n) is 15.2. The van der Waals surface area contributed by atoms with E-state index in [1.54, 1.807) is 27.3 Å². The van der Waals surface area contributed by atoms with E-state index < -0.39 is 6.04 Å². The average molecular weight is 357 g/mol. The lowest BCUT2D eigenvalue weighted by molar-refractivity contribution is -0.126. The monoisotopic (exact) mass is 357 g/mol. The van der Waals surface area contributed by atoms with Gasteiger partial charge in [-0.25, -0.2) is 0 Å². The van der Waals surface area contributed by atoms with Gasteiger partial charge in [0, 0.05) is 19.8 Å². The molecule has 0 bridgehead atoms. The number of carbonyl (C=O) groups is 2. The summed E-state index contributed by atoms with van der Waals surface area (Å²) in [6, 6.07) is 8.76. The number of fused-ring (bicyclic) bond motifs is 1. The number of hydrogen-bond acceptors (Lipinski definition) is 4. The molecule has 1 aromatic heterocycles. The van der Waals surface area contributed by atoms with Crippen LogP contribution in [0.15, 0.2) is 36.5 Å². The van der Waals surface area contributed by atoms with E-state index in [1.807, 2.05) is 35.0 Å². The van der Waals surface area contributed by atoms with Crippen LogP contribution in [0.3, 0.4) is 0 Å². The van der Waals surface area contributed by atoms with Crippen LogP contribution in [0.5, 0.6) is 11.5 Å². The quantitative estimate of drug-likeness (QED) is 0.846. The van der Waals surface area contributed by atoms with Gasteiger partial charge in [0.15, 0.2) is 11.5 Å². The highest BCUT2D eigenvalue weighted by Crippen LogP contribution is 2.27. The number of likely N-dealkylation sites (N-methyl/N-ethyl adjacent to an activating group) is 1. The number of nitrogens with zero attached hydrogens (tertiary/aromatic N) is 2. The normalized spacial score (nSPS) is 16.2. The summed E-state index contributed by atoms with van der Waals surface area (Å²) in [4.78, 5) is 26.4. The Labute approximate surface area is 152 Å². The number of aromatic nitrogens is 1. The van der Waals surface area contributed by atoms with Crippen LogP contribution in [0.2, 0.25) is 0 Å². The predicted molar refractivity (Wildman–Crippen MR) is 96.6 cm³/mol. The third kappa shape index (κ3) is 3.37. The van der Waals surface area contributed by atoms with Crippen molar-refractivity contribution >= 4 is 11.8 Å². The summed E-state index contributed by atoms with van der Waals surface area (Å²) in [6.07, 6.45) is 2.48. The summed E-state index contributed by atoms with van der Waals surface area (Å²) in [5.41, 5.74) is 1.64. The predicted octanol–water partition coefficient (Wildman–Crippen LogP) is 1.32. The number of rotatable bonds is 6. The van der Waals surface area contributed by atoms with Gasteiger partial charge in [0.2, 0.25) is 5.91 Å². The van der Waals surface area contributed by atoms with E-state index in [9.17, 15) is 9.59 Å². The van der Waals surface area contributed by atoms with Gasteiger partial charge in [-0.2, -0.15) is 0 Å². The van der Waals surface area contributed by atoms with Gasteiger partial charge in [0.1, 0.15) is 11.7 Å². The lowest BCUT2D eigenvalue weighted by Crippen LogP contribution is -2.53. The molecule has 1 atom stereocenters. The van der Waals surface area contributed by atoms with Crippen LogP contribution in [0, 0.1) is 0 Å². The van der Waals surface area contributed by atoms with E-state index in [1.165, 1.54) is 4.90 Å². The van der Waals surface area contributed by atoms with Crippen LogP contribution >= 0.6 is 0 Å². The first-order chi connectivity index (χ1) is 12.5. The van der Waals surface area contributed by atoms with E-state index in [4.69, 9.17) is 9.47 Å². The van der Waals surface area contributed by atoms with Crippen molar-refractivity contribution in [3.8, 4) is 11.5 Å². The van der Waals surface area contributed by atoms with E-state index in [0.717, 1.165) is 5.56 Å². The van der Waals surface area contributed by atoms with Crippen molar-refractivity contribution in [1.82, 2.24) is 14.8 Å². The molecule has 0 spiro atoms. The SMILES string of the molecule is COc1ccc(CCNC(=O)C2Cn3cccc3C(=O)N2C)cc1OC. The molecule has 7 nitrogen and oxygen atoms in total. The lowest BCUT2D eigenvalue weighted by atomic mass is 10.1. The molecule has 1 N–H and O–H groups in total. The first-order valence-electron chi connectivity index (χ1n) is 8.46. The first kappa shape index (κ1) is 17.8. The Hall–Kier alpha value is -2.96. The van der Waals surface area contributed by atoms with E-state index >= 15 is 0 Å². The number of amides is 2. The number of carbonyl (C=O) groups excluding carboxylic acids is 2. The Bertz CT molecular complexity index is 815. The van der Waals surface area contributed by atoms with Crippen molar-refractivity contribution in [2.24, 2.45) is 0 Å². The van der Waals surface area contributed by atoms with E-state index in [-0.39, 0.29) is 11.8 Å². The van der Waals surface area contributed by atoms with Gasteiger partial charge < -0.3 is 24.3 Å². The third-order valence-corrected chi connectivity index (χ3v) is 4.67. The van der Waals surface area contributed by atoms with Gasteiger partial charge in [-0.05, 0) is 36.2 Å². The van der Waals surface area contributed by atoms with E-state index in [0.29, 0.717) is 36.7 Å². The Morgan fingerprint density at radius 3 is 2.73 bits per heavy atom. The largest absolute Gasteiger partial charge is 0.493 e. The molecule has 3 rings (SSSR count). The second-order valence-electron chi connectivity index (χ2n) is 6.21. The molecule has 0 aliphatic carbocycles. The van der Waals surface area contributed by atoms with Gasteiger partial charge in [-0.1, -0.05) is 6.07 Å². The molecule has 0 saturated heterocycles. The summed E-state index contributed by atoms with van der Waals surface area (Å²) in [5.74, 6) is 1.04. The lowest BCUT2D eigenvalue weighted by Gasteiger charge is -2.32. The molecule has 2 heterocycles. The fourth-order valence-electron chi connectivity index (χ4n) is 3.14. The molecule has 2 aromatic rings. The first-order valence-corrected chi connectivity index (χ1v) is 8.46. The van der Waals surface area contributed by atoms with Crippen LogP contribution in [0.1, 0.15) is 16.1 Å². The molecular weight excluding hydrogens is 334 g/mol. The minimum absolute atomic E-state index is 0.138. The number of methoxy groups -OCH3 is 2. The maximum atomic E-state index is 12.5. The van der Waals surface area contributed by atoms with Crippen LogP contribution in [0.25, 0.3) is 0 Å². The van der Waals surface area contributed by atoms with Crippen LogP contribution in [0.4, 0.5) is 0 Å². The fraction of sp³-hybridized carbons (Fsp3) is 0.368. The van der Waals surface area contributed by atoms with Gasteiger partial charge in [0.05, 0.1) is 20.8 Å². The molecule has 7 heteroatoms. The molecule has 26 heavy (non-hydrogen) atoms. The van der Waals surface area contributed by atoms with Crippen LogP contribution < -0.4 is 14.8 Å². The van der Waals surface area contributed by atoms with Crippen molar-refractivity contribution in [2.45, 2.75) is 19.0 Å². The van der Waals surface area contributed by atoms with Crippen molar-refractivity contribution in [2.75, 3.05) is 27.8 Å². The summed E-state index contributed by atoms with van der Waals surface area (Å²) >= 11 is 0. The molecule has 0 fully saturated rings. The fourth-order valence-corrected chi connectivity index (χ4v) is 3.14. The molecule has 1 unspecified atom stereocenters. The van der Waals surface area contributed by atoms with Gasteiger partial charge in [-0.3, -0.25) is 9.59 Å². The molecule has 0 saturated carbocycles. The van der Waals surface area contributed by atoms with E-state index in [2.05, 4.69) is 5.32 Å². The Kier molecular flexibility index (Phi) is 5.16. The summed E-state index contributed by atoms with van der Waals surface area (Å²) in [7, 11) is 4.85. The Balaban J connectivity index is 1.59. The zero-order valence-corrected chi connectivity index (χ0v) is 15.2. The highest BCUT2D eigenvalue weighted by Gasteiger charge is 2.33. The highest BCUT2D eigenvalue weighted by atomic mass is 16.5. The van der Waals surface area contributed by atoms with Gasteiger partial charge >= 0.3 is 0 Å². The van der Waals surface area contributed by atoms with Crippen molar-refractivity contribution < 1.29 is 19.1 Å². The van der Waals surface area contributed by atoms with Gasteiger partial charge in [0.25, 0.3) is 5.91 Å². The second kappa shape index (κ2) is 7.51. The minimum atomic E-state index is -0.507.